The van der Waals surface area contributed by atoms with Gasteiger partial charge in [-0.2, -0.15) is 0 Å². The molecule has 3 rings (SSSR count). The van der Waals surface area contributed by atoms with E-state index in [4.69, 9.17) is 17.3 Å². The van der Waals surface area contributed by atoms with Crippen molar-refractivity contribution in [3.05, 3.63) is 65.3 Å². The number of para-hydroxylation sites is 1. The monoisotopic (exact) mass is 327 g/mol. The Hall–Kier alpha value is -2.79. The van der Waals surface area contributed by atoms with Gasteiger partial charge in [-0.25, -0.2) is 0 Å². The molecule has 0 aliphatic rings. The molecule has 23 heavy (non-hydrogen) atoms. The SMILES string of the molecule is NC(=O)c1ccccc1NC(=O)Cn1ccc2cc(Cl)ccc21. The highest BCUT2D eigenvalue weighted by atomic mass is 35.5. The predicted molar refractivity (Wildman–Crippen MR) is 90.5 cm³/mol. The largest absolute Gasteiger partial charge is 0.366 e. The van der Waals surface area contributed by atoms with Gasteiger partial charge in [-0.05, 0) is 36.4 Å². The van der Waals surface area contributed by atoms with Crippen LogP contribution in [0.15, 0.2) is 54.7 Å². The normalized spacial score (nSPS) is 10.7. The number of benzene rings is 2. The lowest BCUT2D eigenvalue weighted by molar-refractivity contribution is -0.116. The number of hydrogen-bond donors (Lipinski definition) is 2. The van der Waals surface area contributed by atoms with Gasteiger partial charge in [-0.3, -0.25) is 9.59 Å². The summed E-state index contributed by atoms with van der Waals surface area (Å²) in [4.78, 5) is 23.6. The molecule has 5 nitrogen and oxygen atoms in total. The second kappa shape index (κ2) is 6.14. The van der Waals surface area contributed by atoms with Crippen molar-refractivity contribution in [1.82, 2.24) is 4.57 Å². The number of carbonyl (C=O) groups is 2. The minimum atomic E-state index is -0.582. The van der Waals surface area contributed by atoms with Crippen LogP contribution in [0.25, 0.3) is 10.9 Å². The van der Waals surface area contributed by atoms with Gasteiger partial charge in [0.15, 0.2) is 0 Å². The number of nitrogens with zero attached hydrogens (tertiary/aromatic N) is 1. The number of fused-ring (bicyclic) bond motifs is 1. The highest BCUT2D eigenvalue weighted by Gasteiger charge is 2.11. The van der Waals surface area contributed by atoms with Gasteiger partial charge in [0, 0.05) is 22.1 Å². The van der Waals surface area contributed by atoms with E-state index in [9.17, 15) is 9.59 Å². The number of nitrogens with two attached hydrogens (primary N) is 1. The molecule has 0 saturated carbocycles. The molecule has 0 saturated heterocycles. The fourth-order valence-corrected chi connectivity index (χ4v) is 2.64. The lowest BCUT2D eigenvalue weighted by Gasteiger charge is -2.10. The van der Waals surface area contributed by atoms with Crippen LogP contribution >= 0.6 is 11.6 Å². The van der Waals surface area contributed by atoms with Gasteiger partial charge < -0.3 is 15.6 Å². The zero-order valence-electron chi connectivity index (χ0n) is 12.1. The molecule has 0 unspecified atom stereocenters. The molecule has 0 radical (unpaired) electrons. The Bertz CT molecular complexity index is 902. The third-order valence-electron chi connectivity index (χ3n) is 3.51. The van der Waals surface area contributed by atoms with Gasteiger partial charge in [0.2, 0.25) is 5.91 Å². The zero-order valence-corrected chi connectivity index (χ0v) is 12.9. The number of aromatic nitrogens is 1. The Morgan fingerprint density at radius 1 is 1.13 bits per heavy atom. The van der Waals surface area contributed by atoms with Crippen molar-refractivity contribution in [1.29, 1.82) is 0 Å². The fraction of sp³-hybridized carbons (Fsp3) is 0.0588. The van der Waals surface area contributed by atoms with Gasteiger partial charge in [0.05, 0.1) is 11.3 Å². The molecule has 0 aliphatic carbocycles. The molecule has 6 heteroatoms. The number of amides is 2. The summed E-state index contributed by atoms with van der Waals surface area (Å²) < 4.78 is 1.81. The minimum Gasteiger partial charge on any atom is -0.366 e. The summed E-state index contributed by atoms with van der Waals surface area (Å²) in [5.74, 6) is -0.826. The highest BCUT2D eigenvalue weighted by molar-refractivity contribution is 6.31. The average molecular weight is 328 g/mol. The fourth-order valence-electron chi connectivity index (χ4n) is 2.46. The third-order valence-corrected chi connectivity index (χ3v) is 3.75. The van der Waals surface area contributed by atoms with Crippen LogP contribution in [0.3, 0.4) is 0 Å². The molecule has 3 N–H and O–H groups in total. The Morgan fingerprint density at radius 3 is 2.70 bits per heavy atom. The van der Waals surface area contributed by atoms with Gasteiger partial charge in [-0.1, -0.05) is 23.7 Å². The summed E-state index contributed by atoms with van der Waals surface area (Å²) in [5.41, 5.74) is 6.91. The number of primary amides is 1. The maximum atomic E-state index is 12.3. The lowest BCUT2D eigenvalue weighted by Crippen LogP contribution is -2.21. The van der Waals surface area contributed by atoms with Crippen LogP contribution in [0.5, 0.6) is 0 Å². The third kappa shape index (κ3) is 3.19. The van der Waals surface area contributed by atoms with E-state index in [2.05, 4.69) is 5.32 Å². The standard InChI is InChI=1S/C17H14ClN3O2/c18-12-5-6-15-11(9-12)7-8-21(15)10-16(22)20-14-4-2-1-3-13(14)17(19)23/h1-9H,10H2,(H2,19,23)(H,20,22). The first kappa shape index (κ1) is 15.1. The molecule has 3 aromatic rings. The van der Waals surface area contributed by atoms with Crippen molar-refractivity contribution >= 4 is 40.0 Å². The van der Waals surface area contributed by atoms with E-state index in [1.807, 2.05) is 29.0 Å². The van der Waals surface area contributed by atoms with Gasteiger partial charge in [0.25, 0.3) is 5.91 Å². The first-order chi connectivity index (χ1) is 11.0. The number of hydrogen-bond acceptors (Lipinski definition) is 2. The van der Waals surface area contributed by atoms with Crippen molar-refractivity contribution < 1.29 is 9.59 Å². The highest BCUT2D eigenvalue weighted by Crippen LogP contribution is 2.21. The first-order valence-electron chi connectivity index (χ1n) is 6.97. The summed E-state index contributed by atoms with van der Waals surface area (Å²) >= 11 is 5.96. The van der Waals surface area contributed by atoms with E-state index >= 15 is 0 Å². The van der Waals surface area contributed by atoms with Crippen LogP contribution in [-0.2, 0) is 11.3 Å². The molecule has 1 aromatic heterocycles. The predicted octanol–water partition coefficient (Wildman–Crippen LogP) is 3.03. The average Bonchev–Trinajstić information content (AvgIpc) is 2.89. The second-order valence-corrected chi connectivity index (χ2v) is 5.54. The molecule has 1 heterocycles. The van der Waals surface area contributed by atoms with Crippen molar-refractivity contribution in [2.45, 2.75) is 6.54 Å². The summed E-state index contributed by atoms with van der Waals surface area (Å²) in [6, 6.07) is 14.0. The first-order valence-corrected chi connectivity index (χ1v) is 7.35. The Morgan fingerprint density at radius 2 is 1.91 bits per heavy atom. The molecule has 2 amide bonds. The van der Waals surface area contributed by atoms with E-state index in [0.29, 0.717) is 10.7 Å². The lowest BCUT2D eigenvalue weighted by atomic mass is 10.1. The van der Waals surface area contributed by atoms with Gasteiger partial charge >= 0.3 is 0 Å². The summed E-state index contributed by atoms with van der Waals surface area (Å²) in [5, 5.41) is 4.33. The van der Waals surface area contributed by atoms with Crippen LogP contribution in [0.2, 0.25) is 5.02 Å². The minimum absolute atomic E-state index is 0.123. The second-order valence-electron chi connectivity index (χ2n) is 5.10. The number of carbonyl (C=O) groups excluding carboxylic acids is 2. The smallest absolute Gasteiger partial charge is 0.250 e. The van der Waals surface area contributed by atoms with Crippen molar-refractivity contribution in [2.24, 2.45) is 5.73 Å². The van der Waals surface area contributed by atoms with Crippen LogP contribution in [0, 0.1) is 0 Å². The van der Waals surface area contributed by atoms with Crippen LogP contribution in [0.4, 0.5) is 5.69 Å². The van der Waals surface area contributed by atoms with E-state index in [1.165, 1.54) is 0 Å². The van der Waals surface area contributed by atoms with E-state index < -0.39 is 5.91 Å². The van der Waals surface area contributed by atoms with Crippen molar-refractivity contribution in [2.75, 3.05) is 5.32 Å². The van der Waals surface area contributed by atoms with E-state index in [-0.39, 0.29) is 18.0 Å². The molecular weight excluding hydrogens is 314 g/mol. The van der Waals surface area contributed by atoms with Gasteiger partial charge in [0.1, 0.15) is 6.54 Å². The van der Waals surface area contributed by atoms with Crippen LogP contribution < -0.4 is 11.1 Å². The zero-order chi connectivity index (χ0) is 16.4. The summed E-state index contributed by atoms with van der Waals surface area (Å²) in [6.45, 7) is 0.123. The molecule has 0 bridgehead atoms. The number of anilines is 1. The molecule has 0 aliphatic heterocycles. The maximum Gasteiger partial charge on any atom is 0.250 e. The molecule has 2 aromatic carbocycles. The van der Waals surface area contributed by atoms with Crippen LogP contribution in [-0.4, -0.2) is 16.4 Å². The van der Waals surface area contributed by atoms with E-state index in [0.717, 1.165) is 10.9 Å². The topological polar surface area (TPSA) is 77.1 Å². The van der Waals surface area contributed by atoms with Crippen LogP contribution in [0.1, 0.15) is 10.4 Å². The quantitative estimate of drug-likeness (QED) is 0.772. The summed E-state index contributed by atoms with van der Waals surface area (Å²) in [7, 11) is 0. The van der Waals surface area contributed by atoms with E-state index in [1.54, 1.807) is 30.3 Å². The Labute approximate surface area is 137 Å². The maximum absolute atomic E-state index is 12.3. The van der Waals surface area contributed by atoms with Gasteiger partial charge in [-0.15, -0.1) is 0 Å². The van der Waals surface area contributed by atoms with Crippen molar-refractivity contribution in [3.63, 3.8) is 0 Å². The van der Waals surface area contributed by atoms with Crippen molar-refractivity contribution in [3.8, 4) is 0 Å². The number of nitrogens with one attached hydrogen (secondary N) is 1. The molecule has 0 spiro atoms. The Balaban J connectivity index is 1.81. The molecule has 0 atom stereocenters. The Kier molecular flexibility index (Phi) is 4.04. The molecular formula is C17H14ClN3O2. The summed E-state index contributed by atoms with van der Waals surface area (Å²) in [6.07, 6.45) is 1.82. The molecule has 0 fully saturated rings. The molecule has 116 valence electrons. The number of halogens is 1. The number of rotatable bonds is 4.